The van der Waals surface area contributed by atoms with Gasteiger partial charge in [0.2, 0.25) is 11.0 Å². The van der Waals surface area contributed by atoms with Crippen LogP contribution in [-0.2, 0) is 4.79 Å². The molecule has 1 aromatic heterocycles. The summed E-state index contributed by atoms with van der Waals surface area (Å²) in [6.45, 7) is 3.36. The normalized spacial score (nSPS) is 14.7. The highest BCUT2D eigenvalue weighted by molar-refractivity contribution is 8.01. The lowest BCUT2D eigenvalue weighted by Crippen LogP contribution is -2.31. The van der Waals surface area contributed by atoms with Gasteiger partial charge >= 0.3 is 0 Å². The molecule has 0 atom stereocenters. The van der Waals surface area contributed by atoms with Crippen molar-refractivity contribution in [2.45, 2.75) is 43.4 Å². The van der Waals surface area contributed by atoms with Crippen molar-refractivity contribution in [1.82, 2.24) is 15.5 Å². The van der Waals surface area contributed by atoms with Crippen LogP contribution in [0.15, 0.2) is 28.6 Å². The van der Waals surface area contributed by atoms with E-state index in [-0.39, 0.29) is 5.91 Å². The zero-order valence-electron chi connectivity index (χ0n) is 15.6. The average Bonchev–Trinajstić information content (AvgIpc) is 3.15. The number of hydrogen-bond acceptors (Lipinski definition) is 7. The number of benzene rings is 1. The number of carbonyl (C=O) groups is 1. The van der Waals surface area contributed by atoms with Gasteiger partial charge in [0, 0.05) is 6.54 Å². The molecule has 0 spiro atoms. The molecule has 0 radical (unpaired) electrons. The van der Waals surface area contributed by atoms with Crippen LogP contribution in [0.3, 0.4) is 0 Å². The predicted molar refractivity (Wildman–Crippen MR) is 111 cm³/mol. The van der Waals surface area contributed by atoms with E-state index < -0.39 is 0 Å². The van der Waals surface area contributed by atoms with E-state index in [0.29, 0.717) is 23.4 Å². The maximum atomic E-state index is 12.1. The third-order valence-electron chi connectivity index (χ3n) is 4.47. The number of carbonyl (C=O) groups excluding carboxylic acids is 1. The van der Waals surface area contributed by atoms with Gasteiger partial charge in [-0.3, -0.25) is 4.79 Å². The van der Waals surface area contributed by atoms with Crippen molar-refractivity contribution >= 4 is 39.8 Å². The monoisotopic (exact) mass is 406 g/mol. The molecule has 8 heteroatoms. The van der Waals surface area contributed by atoms with Crippen LogP contribution >= 0.6 is 23.1 Å². The van der Waals surface area contributed by atoms with Crippen molar-refractivity contribution in [2.24, 2.45) is 5.92 Å². The molecule has 2 aromatic rings. The molecule has 6 nitrogen and oxygen atoms in total. The molecule has 2 N–H and O–H groups in total. The largest absolute Gasteiger partial charge is 0.492 e. The first kappa shape index (κ1) is 19.9. The Balaban J connectivity index is 1.44. The molecule has 1 aromatic carbocycles. The molecule has 1 aliphatic carbocycles. The molecule has 27 heavy (non-hydrogen) atoms. The van der Waals surface area contributed by atoms with E-state index in [1.165, 1.54) is 55.2 Å². The third kappa shape index (κ3) is 6.39. The van der Waals surface area contributed by atoms with Gasteiger partial charge < -0.3 is 15.4 Å². The number of ether oxygens (including phenoxy) is 1. The molecular weight excluding hydrogens is 380 g/mol. The number of nitrogens with one attached hydrogen (secondary N) is 2. The van der Waals surface area contributed by atoms with Crippen LogP contribution in [0.4, 0.5) is 10.8 Å². The maximum Gasteiger partial charge on any atom is 0.230 e. The molecule has 0 saturated heterocycles. The molecule has 0 aliphatic heterocycles. The molecule has 1 fully saturated rings. The Bertz CT molecular complexity index is 732. The number of anilines is 2. The van der Waals surface area contributed by atoms with Gasteiger partial charge in [-0.25, -0.2) is 0 Å². The number of thioether (sulfide) groups is 1. The van der Waals surface area contributed by atoms with Crippen LogP contribution in [0.2, 0.25) is 0 Å². The Morgan fingerprint density at radius 2 is 2.07 bits per heavy atom. The second-order valence-electron chi connectivity index (χ2n) is 6.52. The molecular formula is C19H26N4O2S2. The molecule has 1 heterocycles. The van der Waals surface area contributed by atoms with Gasteiger partial charge in [-0.05, 0) is 37.8 Å². The highest BCUT2D eigenvalue weighted by Crippen LogP contribution is 2.31. The topological polar surface area (TPSA) is 76.1 Å². The van der Waals surface area contributed by atoms with Gasteiger partial charge in [0.1, 0.15) is 5.75 Å². The van der Waals surface area contributed by atoms with Crippen LogP contribution in [0, 0.1) is 5.92 Å². The zero-order chi connectivity index (χ0) is 18.9. The summed E-state index contributed by atoms with van der Waals surface area (Å²) in [5.74, 6) is 1.87. The SMILES string of the molecule is CCOc1ccccc1Nc1nnc(SCC(=O)NCC2CCCCC2)s1. The van der Waals surface area contributed by atoms with Crippen molar-refractivity contribution in [1.29, 1.82) is 0 Å². The third-order valence-corrected chi connectivity index (χ3v) is 6.45. The van der Waals surface area contributed by atoms with Crippen LogP contribution in [0.25, 0.3) is 0 Å². The first-order valence-electron chi connectivity index (χ1n) is 9.46. The molecule has 0 unspecified atom stereocenters. The first-order chi connectivity index (χ1) is 13.2. The lowest BCUT2D eigenvalue weighted by atomic mass is 9.89. The highest BCUT2D eigenvalue weighted by atomic mass is 32.2. The Morgan fingerprint density at radius 1 is 1.26 bits per heavy atom. The minimum atomic E-state index is 0.0666. The van der Waals surface area contributed by atoms with Gasteiger partial charge in [0.25, 0.3) is 0 Å². The standard InChI is InChI=1S/C19H26N4O2S2/c1-2-25-16-11-7-6-10-15(16)21-18-22-23-19(27-18)26-13-17(24)20-12-14-8-4-3-5-9-14/h6-7,10-11,14H,2-5,8-9,12-13H2,1H3,(H,20,24)(H,21,22). The van der Waals surface area contributed by atoms with Gasteiger partial charge in [-0.1, -0.05) is 54.5 Å². The fourth-order valence-electron chi connectivity index (χ4n) is 3.11. The second kappa shape index (κ2) is 10.5. The summed E-state index contributed by atoms with van der Waals surface area (Å²) in [7, 11) is 0. The molecule has 3 rings (SSSR count). The molecule has 1 saturated carbocycles. The molecule has 1 amide bonds. The second-order valence-corrected chi connectivity index (χ2v) is 8.72. The fraction of sp³-hybridized carbons (Fsp3) is 0.526. The lowest BCUT2D eigenvalue weighted by Gasteiger charge is -2.21. The van der Waals surface area contributed by atoms with Crippen molar-refractivity contribution in [3.63, 3.8) is 0 Å². The summed E-state index contributed by atoms with van der Waals surface area (Å²) in [5, 5.41) is 15.3. The molecule has 1 aliphatic rings. The van der Waals surface area contributed by atoms with E-state index >= 15 is 0 Å². The van der Waals surface area contributed by atoms with E-state index in [0.717, 1.165) is 22.3 Å². The zero-order valence-corrected chi connectivity index (χ0v) is 17.2. The van der Waals surface area contributed by atoms with Gasteiger partial charge in [-0.2, -0.15) is 0 Å². The minimum Gasteiger partial charge on any atom is -0.492 e. The number of nitrogens with zero attached hydrogens (tertiary/aromatic N) is 2. The molecule has 0 bridgehead atoms. The highest BCUT2D eigenvalue weighted by Gasteiger charge is 2.15. The Morgan fingerprint density at radius 3 is 2.89 bits per heavy atom. The van der Waals surface area contributed by atoms with Crippen LogP contribution < -0.4 is 15.4 Å². The van der Waals surface area contributed by atoms with E-state index in [1.54, 1.807) is 0 Å². The minimum absolute atomic E-state index is 0.0666. The quantitative estimate of drug-likeness (QED) is 0.599. The number of para-hydroxylation sites is 2. The molecule has 146 valence electrons. The summed E-state index contributed by atoms with van der Waals surface area (Å²) in [5.41, 5.74) is 0.859. The Kier molecular flexibility index (Phi) is 7.77. The Labute approximate surface area is 168 Å². The summed E-state index contributed by atoms with van der Waals surface area (Å²) in [6, 6.07) is 7.73. The van der Waals surface area contributed by atoms with Gasteiger partial charge in [0.15, 0.2) is 4.34 Å². The summed E-state index contributed by atoms with van der Waals surface area (Å²) in [6.07, 6.45) is 6.40. The predicted octanol–water partition coefficient (Wildman–Crippen LogP) is 4.47. The first-order valence-corrected chi connectivity index (χ1v) is 11.3. The smallest absolute Gasteiger partial charge is 0.230 e. The van der Waals surface area contributed by atoms with Crippen molar-refractivity contribution in [2.75, 3.05) is 24.2 Å². The van der Waals surface area contributed by atoms with Crippen molar-refractivity contribution in [3.05, 3.63) is 24.3 Å². The van der Waals surface area contributed by atoms with E-state index in [9.17, 15) is 4.79 Å². The van der Waals surface area contributed by atoms with Crippen LogP contribution in [0.5, 0.6) is 5.75 Å². The van der Waals surface area contributed by atoms with Crippen LogP contribution in [0.1, 0.15) is 39.0 Å². The fourth-order valence-corrected chi connectivity index (χ4v) is 4.71. The summed E-state index contributed by atoms with van der Waals surface area (Å²) >= 11 is 2.86. The number of hydrogen-bond donors (Lipinski definition) is 2. The maximum absolute atomic E-state index is 12.1. The number of aromatic nitrogens is 2. The van der Waals surface area contributed by atoms with Gasteiger partial charge in [-0.15, -0.1) is 10.2 Å². The average molecular weight is 407 g/mol. The van der Waals surface area contributed by atoms with Crippen molar-refractivity contribution < 1.29 is 9.53 Å². The summed E-state index contributed by atoms with van der Waals surface area (Å²) in [4.78, 5) is 12.1. The van der Waals surface area contributed by atoms with Crippen LogP contribution in [-0.4, -0.2) is 35.0 Å². The summed E-state index contributed by atoms with van der Waals surface area (Å²) < 4.78 is 6.38. The van der Waals surface area contributed by atoms with Crippen molar-refractivity contribution in [3.8, 4) is 5.75 Å². The van der Waals surface area contributed by atoms with E-state index in [4.69, 9.17) is 4.74 Å². The lowest BCUT2D eigenvalue weighted by molar-refractivity contribution is -0.118. The van der Waals surface area contributed by atoms with E-state index in [1.807, 2.05) is 31.2 Å². The van der Waals surface area contributed by atoms with E-state index in [2.05, 4.69) is 20.8 Å². The Hall–Kier alpha value is -1.80. The van der Waals surface area contributed by atoms with Gasteiger partial charge in [0.05, 0.1) is 18.0 Å². The number of amides is 1. The number of rotatable bonds is 9.